The summed E-state index contributed by atoms with van der Waals surface area (Å²) in [7, 11) is 0. The summed E-state index contributed by atoms with van der Waals surface area (Å²) in [5.74, 6) is -1.25. The lowest BCUT2D eigenvalue weighted by molar-refractivity contribution is -0.144. The zero-order chi connectivity index (χ0) is 25.2. The summed E-state index contributed by atoms with van der Waals surface area (Å²) >= 11 is 1.68. The Bertz CT molecular complexity index is 794. The number of thioether (sulfide) groups is 1. The van der Waals surface area contributed by atoms with E-state index in [1.54, 1.807) is 16.7 Å². The summed E-state index contributed by atoms with van der Waals surface area (Å²) in [6.07, 6.45) is 3.19. The number of ether oxygens (including phenoxy) is 1. The molecule has 0 aliphatic carbocycles. The Kier molecular flexibility index (Phi) is 8.66. The molecule has 0 saturated carbocycles. The van der Waals surface area contributed by atoms with E-state index in [0.717, 1.165) is 45.3 Å². The molecule has 10 heteroatoms. The van der Waals surface area contributed by atoms with E-state index in [1.165, 1.54) is 0 Å². The first kappa shape index (κ1) is 26.7. The molecule has 198 valence electrons. The number of aliphatic hydroxyl groups excluding tert-OH is 1. The molecule has 4 heterocycles. The number of amides is 3. The summed E-state index contributed by atoms with van der Waals surface area (Å²) in [5, 5.41) is 16.5. The van der Waals surface area contributed by atoms with Crippen molar-refractivity contribution in [2.45, 2.75) is 68.5 Å². The van der Waals surface area contributed by atoms with Gasteiger partial charge in [0.2, 0.25) is 17.7 Å². The van der Waals surface area contributed by atoms with Gasteiger partial charge >= 0.3 is 0 Å². The molecule has 9 nitrogen and oxygen atoms in total. The number of nitrogens with zero attached hydrogens (tertiary/aromatic N) is 2. The van der Waals surface area contributed by atoms with Crippen molar-refractivity contribution in [3.05, 3.63) is 0 Å². The van der Waals surface area contributed by atoms with Gasteiger partial charge in [0, 0.05) is 38.0 Å². The van der Waals surface area contributed by atoms with Crippen LogP contribution >= 0.6 is 11.8 Å². The first-order valence-electron chi connectivity index (χ1n) is 13.4. The summed E-state index contributed by atoms with van der Waals surface area (Å²) in [4.78, 5) is 45.0. The molecule has 4 aliphatic heterocycles. The van der Waals surface area contributed by atoms with E-state index >= 15 is 0 Å². The maximum Gasteiger partial charge on any atom is 0.244 e. The number of rotatable bonds is 11. The molecule has 2 bridgehead atoms. The molecule has 4 saturated heterocycles. The summed E-state index contributed by atoms with van der Waals surface area (Å²) in [6, 6.07) is -1.11. The minimum atomic E-state index is -0.671. The van der Waals surface area contributed by atoms with Gasteiger partial charge in [0.1, 0.15) is 6.04 Å². The van der Waals surface area contributed by atoms with Gasteiger partial charge in [0.15, 0.2) is 0 Å². The van der Waals surface area contributed by atoms with Gasteiger partial charge in [-0.3, -0.25) is 19.3 Å². The third-order valence-electron chi connectivity index (χ3n) is 8.51. The van der Waals surface area contributed by atoms with E-state index in [2.05, 4.69) is 15.5 Å². The van der Waals surface area contributed by atoms with E-state index in [4.69, 9.17) is 4.74 Å². The maximum absolute atomic E-state index is 14.0. The molecular weight excluding hydrogens is 468 g/mol. The van der Waals surface area contributed by atoms with E-state index in [-0.39, 0.29) is 35.5 Å². The van der Waals surface area contributed by atoms with Crippen LogP contribution in [0.5, 0.6) is 0 Å². The quantitative estimate of drug-likeness (QED) is 0.370. The lowest BCUT2D eigenvalue weighted by atomic mass is 9.70. The van der Waals surface area contributed by atoms with Gasteiger partial charge in [0.05, 0.1) is 42.4 Å². The average Bonchev–Trinajstić information content (AvgIpc) is 3.51. The Morgan fingerprint density at radius 2 is 1.91 bits per heavy atom. The van der Waals surface area contributed by atoms with Crippen LogP contribution in [0.15, 0.2) is 0 Å². The number of likely N-dealkylation sites (tertiary alicyclic amines) is 1. The largest absolute Gasteiger partial charge is 0.394 e. The fourth-order valence-electron chi connectivity index (χ4n) is 6.49. The molecule has 4 fully saturated rings. The van der Waals surface area contributed by atoms with Crippen LogP contribution in [0.25, 0.3) is 0 Å². The van der Waals surface area contributed by atoms with E-state index in [9.17, 15) is 19.5 Å². The summed E-state index contributed by atoms with van der Waals surface area (Å²) in [5.41, 5.74) is 0. The van der Waals surface area contributed by atoms with Gasteiger partial charge in [-0.15, -0.1) is 11.8 Å². The molecule has 0 radical (unpaired) electrons. The van der Waals surface area contributed by atoms with E-state index < -0.39 is 28.7 Å². The molecule has 7 atom stereocenters. The number of morpholine rings is 1. The average molecular weight is 511 g/mol. The van der Waals surface area contributed by atoms with E-state index in [1.807, 2.05) is 20.8 Å². The molecule has 0 aromatic heterocycles. The number of hydrogen-bond donors (Lipinski definition) is 3. The first-order chi connectivity index (χ1) is 16.9. The lowest BCUT2D eigenvalue weighted by Gasteiger charge is -2.39. The molecule has 3 amide bonds. The number of aliphatic hydroxyl groups is 1. The van der Waals surface area contributed by atoms with Crippen molar-refractivity contribution >= 4 is 29.5 Å². The molecule has 0 aromatic carbocycles. The van der Waals surface area contributed by atoms with Gasteiger partial charge in [-0.1, -0.05) is 27.2 Å². The SMILES string of the molecule is CCCNC(=O)[C@@H]1[C@@H]2CCC3(S2)C(C(=O)NCCN2CCOCC2)N([C@@H](CO)[C@@H](C)CC)C(=O)[C@H]13. The third kappa shape index (κ3) is 4.83. The monoisotopic (exact) mass is 510 g/mol. The van der Waals surface area contributed by atoms with Crippen molar-refractivity contribution in [2.24, 2.45) is 17.8 Å². The third-order valence-corrected chi connectivity index (χ3v) is 10.5. The van der Waals surface area contributed by atoms with Crippen LogP contribution in [-0.4, -0.2) is 107 Å². The molecule has 3 N–H and O–H groups in total. The van der Waals surface area contributed by atoms with Crippen LogP contribution < -0.4 is 10.6 Å². The van der Waals surface area contributed by atoms with Crippen LogP contribution in [0.1, 0.15) is 46.5 Å². The maximum atomic E-state index is 14.0. The second-order valence-electron chi connectivity index (χ2n) is 10.5. The lowest BCUT2D eigenvalue weighted by Crippen LogP contribution is -2.58. The highest BCUT2D eigenvalue weighted by molar-refractivity contribution is 8.02. The molecule has 2 unspecified atom stereocenters. The highest BCUT2D eigenvalue weighted by Gasteiger charge is 2.74. The van der Waals surface area contributed by atoms with Gasteiger partial charge in [-0.2, -0.15) is 0 Å². The molecule has 35 heavy (non-hydrogen) atoms. The Morgan fingerprint density at radius 3 is 2.57 bits per heavy atom. The number of fused-ring (bicyclic) bond motifs is 1. The first-order valence-corrected chi connectivity index (χ1v) is 14.2. The topological polar surface area (TPSA) is 111 Å². The second-order valence-corrected chi connectivity index (χ2v) is 12.1. The Labute approximate surface area is 213 Å². The Hall–Kier alpha value is -1.36. The smallest absolute Gasteiger partial charge is 0.244 e. The predicted molar refractivity (Wildman–Crippen MR) is 135 cm³/mol. The normalized spacial score (nSPS) is 34.1. The van der Waals surface area contributed by atoms with Crippen molar-refractivity contribution in [1.82, 2.24) is 20.4 Å². The molecule has 0 aromatic rings. The summed E-state index contributed by atoms with van der Waals surface area (Å²) in [6.45, 7) is 10.8. The van der Waals surface area contributed by atoms with Crippen molar-refractivity contribution in [3.63, 3.8) is 0 Å². The Morgan fingerprint density at radius 1 is 1.20 bits per heavy atom. The number of carbonyl (C=O) groups is 3. The van der Waals surface area contributed by atoms with E-state index in [0.29, 0.717) is 26.3 Å². The van der Waals surface area contributed by atoms with Crippen molar-refractivity contribution in [3.8, 4) is 0 Å². The number of carbonyl (C=O) groups excluding carboxylic acids is 3. The fraction of sp³-hybridized carbons (Fsp3) is 0.880. The van der Waals surface area contributed by atoms with Crippen molar-refractivity contribution in [1.29, 1.82) is 0 Å². The van der Waals surface area contributed by atoms with Crippen molar-refractivity contribution in [2.75, 3.05) is 52.5 Å². The standard InChI is InChI=1S/C25H42N4O5S/c1-4-8-26-22(31)19-18-6-7-25(35-18)20(19)24(33)29(17(15-30)16(3)5-2)21(25)23(32)27-9-10-28-11-13-34-14-12-28/h16-21,30H,4-15H2,1-3H3,(H,26,31)(H,27,32)/t16-,17-,18-,19+,20-,21?,25?/m0/s1. The van der Waals surface area contributed by atoms with Crippen LogP contribution in [0.2, 0.25) is 0 Å². The zero-order valence-electron chi connectivity index (χ0n) is 21.3. The minimum Gasteiger partial charge on any atom is -0.394 e. The summed E-state index contributed by atoms with van der Waals surface area (Å²) < 4.78 is 4.80. The predicted octanol–water partition coefficient (Wildman–Crippen LogP) is 0.459. The zero-order valence-corrected chi connectivity index (χ0v) is 22.1. The van der Waals surface area contributed by atoms with Gasteiger partial charge in [-0.25, -0.2) is 0 Å². The van der Waals surface area contributed by atoms with Crippen LogP contribution in [0, 0.1) is 17.8 Å². The van der Waals surface area contributed by atoms with Crippen molar-refractivity contribution < 1.29 is 24.2 Å². The molecule has 4 rings (SSSR count). The van der Waals surface area contributed by atoms with Gasteiger partial charge in [0.25, 0.3) is 0 Å². The highest BCUT2D eigenvalue weighted by Crippen LogP contribution is 2.66. The van der Waals surface area contributed by atoms with Crippen LogP contribution in [0.4, 0.5) is 0 Å². The minimum absolute atomic E-state index is 0.0393. The van der Waals surface area contributed by atoms with Crippen LogP contribution in [0.3, 0.4) is 0 Å². The van der Waals surface area contributed by atoms with Crippen LogP contribution in [-0.2, 0) is 19.1 Å². The second kappa shape index (κ2) is 11.4. The van der Waals surface area contributed by atoms with Gasteiger partial charge < -0.3 is 25.4 Å². The Balaban J connectivity index is 1.59. The molecule has 4 aliphatic rings. The molecular formula is C25H42N4O5S. The van der Waals surface area contributed by atoms with Gasteiger partial charge in [-0.05, 0) is 25.2 Å². The number of nitrogens with one attached hydrogen (secondary N) is 2. The molecule has 1 spiro atoms. The number of hydrogen-bond acceptors (Lipinski definition) is 7. The highest BCUT2D eigenvalue weighted by atomic mass is 32.2. The fourth-order valence-corrected chi connectivity index (χ4v) is 8.69.